The van der Waals surface area contributed by atoms with Crippen molar-refractivity contribution in [3.05, 3.63) is 97.9 Å². The highest BCUT2D eigenvalue weighted by Gasteiger charge is 2.27. The summed E-state index contributed by atoms with van der Waals surface area (Å²) in [6, 6.07) is 15.3. The summed E-state index contributed by atoms with van der Waals surface area (Å²) in [7, 11) is 0. The van der Waals surface area contributed by atoms with Crippen LogP contribution in [0.4, 0.5) is 15.9 Å². The lowest BCUT2D eigenvalue weighted by Crippen LogP contribution is -2.40. The van der Waals surface area contributed by atoms with Crippen molar-refractivity contribution in [3.63, 3.8) is 0 Å². The van der Waals surface area contributed by atoms with Crippen LogP contribution < -0.4 is 21.9 Å². The fourth-order valence-corrected chi connectivity index (χ4v) is 4.55. The van der Waals surface area contributed by atoms with Gasteiger partial charge < -0.3 is 5.73 Å². The molecule has 3 N–H and O–H groups in total. The molecule has 4 rings (SSSR count). The number of halogens is 1. The molecule has 10 heteroatoms. The van der Waals surface area contributed by atoms with Gasteiger partial charge in [0, 0.05) is 12.1 Å². The van der Waals surface area contributed by atoms with Crippen LogP contribution in [0.25, 0.3) is 10.6 Å². The number of aromatic nitrogens is 3. The molecule has 0 atom stereocenters. The van der Waals surface area contributed by atoms with Crippen LogP contribution in [0.2, 0.25) is 0 Å². The second-order valence-electron chi connectivity index (χ2n) is 7.88. The Balaban J connectivity index is 1.81. The SMILES string of the molecule is CCCCn1c(N)c(N(Cc2ccccc2)C(=O)c2cnc(-c3ccccc3F)s2)c(=O)[nH]c1=O. The van der Waals surface area contributed by atoms with Crippen molar-refractivity contribution in [2.24, 2.45) is 0 Å². The first-order chi connectivity index (χ1) is 16.9. The molecule has 2 heterocycles. The van der Waals surface area contributed by atoms with E-state index in [1.165, 1.54) is 21.7 Å². The Labute approximate surface area is 204 Å². The molecule has 2 aromatic heterocycles. The molecule has 0 bridgehead atoms. The number of benzene rings is 2. The molecule has 0 unspecified atom stereocenters. The van der Waals surface area contributed by atoms with Gasteiger partial charge in [0.05, 0.1) is 12.7 Å². The lowest BCUT2D eigenvalue weighted by atomic mass is 10.2. The summed E-state index contributed by atoms with van der Waals surface area (Å²) in [6.07, 6.45) is 2.83. The molecule has 1 amide bonds. The minimum Gasteiger partial charge on any atom is -0.383 e. The lowest BCUT2D eigenvalue weighted by molar-refractivity contribution is 0.0988. The molecule has 0 aliphatic heterocycles. The second-order valence-corrected chi connectivity index (χ2v) is 8.92. The van der Waals surface area contributed by atoms with Crippen molar-refractivity contribution in [1.82, 2.24) is 14.5 Å². The number of unbranched alkanes of at least 4 members (excludes halogenated alkanes) is 1. The fraction of sp³-hybridized carbons (Fsp3) is 0.200. The van der Waals surface area contributed by atoms with E-state index in [0.717, 1.165) is 23.3 Å². The van der Waals surface area contributed by atoms with E-state index in [0.29, 0.717) is 18.0 Å². The zero-order chi connectivity index (χ0) is 24.9. The van der Waals surface area contributed by atoms with Crippen LogP contribution >= 0.6 is 11.3 Å². The van der Waals surface area contributed by atoms with E-state index in [-0.39, 0.29) is 28.5 Å². The smallest absolute Gasteiger partial charge is 0.330 e. The van der Waals surface area contributed by atoms with Gasteiger partial charge in [0.1, 0.15) is 21.5 Å². The molecule has 0 aliphatic rings. The Bertz CT molecular complexity index is 1460. The zero-order valence-electron chi connectivity index (χ0n) is 19.0. The number of H-pyrrole nitrogens is 1. The predicted molar refractivity (Wildman–Crippen MR) is 135 cm³/mol. The monoisotopic (exact) mass is 493 g/mol. The lowest BCUT2D eigenvalue weighted by Gasteiger charge is -2.24. The summed E-state index contributed by atoms with van der Waals surface area (Å²) in [5, 5.41) is 0.334. The van der Waals surface area contributed by atoms with Gasteiger partial charge in [-0.1, -0.05) is 55.8 Å². The molecule has 2 aromatic carbocycles. The predicted octanol–water partition coefficient (Wildman–Crippen LogP) is 4.03. The average Bonchev–Trinajstić information content (AvgIpc) is 3.34. The number of carbonyl (C=O) groups excluding carboxylic acids is 1. The highest BCUT2D eigenvalue weighted by atomic mass is 32.1. The van der Waals surface area contributed by atoms with Gasteiger partial charge in [0.15, 0.2) is 5.69 Å². The molecule has 0 saturated heterocycles. The van der Waals surface area contributed by atoms with E-state index in [4.69, 9.17) is 5.73 Å². The number of nitrogen functional groups attached to an aromatic ring is 1. The maximum atomic E-state index is 14.3. The molecular formula is C25H24FN5O3S. The van der Waals surface area contributed by atoms with Crippen molar-refractivity contribution in [2.75, 3.05) is 10.6 Å². The van der Waals surface area contributed by atoms with Gasteiger partial charge in [-0.15, -0.1) is 11.3 Å². The number of nitrogens with two attached hydrogens (primary N) is 1. The normalized spacial score (nSPS) is 10.9. The van der Waals surface area contributed by atoms with E-state index >= 15 is 0 Å². The molecule has 180 valence electrons. The van der Waals surface area contributed by atoms with Crippen LogP contribution in [0.1, 0.15) is 35.0 Å². The van der Waals surface area contributed by atoms with Crippen LogP contribution in [-0.4, -0.2) is 20.4 Å². The highest BCUT2D eigenvalue weighted by molar-refractivity contribution is 7.17. The van der Waals surface area contributed by atoms with Crippen molar-refractivity contribution in [2.45, 2.75) is 32.9 Å². The Kier molecular flexibility index (Phi) is 7.21. The molecule has 0 aliphatic carbocycles. The third-order valence-electron chi connectivity index (χ3n) is 5.47. The van der Waals surface area contributed by atoms with Crippen molar-refractivity contribution in [3.8, 4) is 10.6 Å². The molecule has 0 spiro atoms. The number of amides is 1. The molecule has 0 fully saturated rings. The second kappa shape index (κ2) is 10.5. The van der Waals surface area contributed by atoms with Gasteiger partial charge in [0.25, 0.3) is 11.5 Å². The van der Waals surface area contributed by atoms with E-state index in [1.54, 1.807) is 18.2 Å². The van der Waals surface area contributed by atoms with Crippen molar-refractivity contribution in [1.29, 1.82) is 0 Å². The quantitative estimate of drug-likeness (QED) is 0.385. The van der Waals surface area contributed by atoms with Gasteiger partial charge in [-0.25, -0.2) is 14.2 Å². The Hall–Kier alpha value is -4.05. The number of carbonyl (C=O) groups is 1. The molecule has 0 saturated carbocycles. The summed E-state index contributed by atoms with van der Waals surface area (Å²) in [5.74, 6) is -1.08. The summed E-state index contributed by atoms with van der Waals surface area (Å²) in [5.41, 5.74) is 5.82. The number of rotatable bonds is 8. The van der Waals surface area contributed by atoms with Crippen LogP contribution in [0.3, 0.4) is 0 Å². The summed E-state index contributed by atoms with van der Waals surface area (Å²) in [6.45, 7) is 2.30. The molecule has 35 heavy (non-hydrogen) atoms. The number of aromatic amines is 1. The minimum absolute atomic E-state index is 0.0336. The number of hydrogen-bond acceptors (Lipinski definition) is 6. The zero-order valence-corrected chi connectivity index (χ0v) is 19.8. The maximum Gasteiger partial charge on any atom is 0.330 e. The number of nitrogens with one attached hydrogen (secondary N) is 1. The maximum absolute atomic E-state index is 14.3. The topological polar surface area (TPSA) is 114 Å². The first-order valence-corrected chi connectivity index (χ1v) is 11.9. The summed E-state index contributed by atoms with van der Waals surface area (Å²) < 4.78 is 15.5. The van der Waals surface area contributed by atoms with Gasteiger partial charge >= 0.3 is 5.69 Å². The van der Waals surface area contributed by atoms with E-state index in [9.17, 15) is 18.8 Å². The van der Waals surface area contributed by atoms with E-state index < -0.39 is 23.0 Å². The number of thiazole rings is 1. The standard InChI is InChI=1S/C25H24FN5O3S/c1-2-3-13-30-21(27)20(22(32)29-25(30)34)31(15-16-9-5-4-6-10-16)24(33)19-14-28-23(35-19)17-11-7-8-12-18(17)26/h4-12,14H,2-3,13,15,27H2,1H3,(H,29,32,34). The van der Waals surface area contributed by atoms with Crippen LogP contribution in [-0.2, 0) is 13.1 Å². The minimum atomic E-state index is -0.761. The molecule has 0 radical (unpaired) electrons. The third-order valence-corrected chi connectivity index (χ3v) is 6.49. The summed E-state index contributed by atoms with van der Waals surface area (Å²) in [4.78, 5) is 47.0. The highest BCUT2D eigenvalue weighted by Crippen LogP contribution is 2.30. The van der Waals surface area contributed by atoms with Gasteiger partial charge in [-0.05, 0) is 24.1 Å². The van der Waals surface area contributed by atoms with E-state index in [1.807, 2.05) is 37.3 Å². The first-order valence-electron chi connectivity index (χ1n) is 11.1. The summed E-state index contributed by atoms with van der Waals surface area (Å²) >= 11 is 1.01. The number of anilines is 2. The number of hydrogen-bond donors (Lipinski definition) is 2. The fourth-order valence-electron chi connectivity index (χ4n) is 3.66. The Morgan fingerprint density at radius 1 is 1.14 bits per heavy atom. The molecule has 8 nitrogen and oxygen atoms in total. The van der Waals surface area contributed by atoms with E-state index in [2.05, 4.69) is 9.97 Å². The van der Waals surface area contributed by atoms with Crippen molar-refractivity contribution < 1.29 is 9.18 Å². The Morgan fingerprint density at radius 3 is 2.57 bits per heavy atom. The van der Waals surface area contributed by atoms with Crippen molar-refractivity contribution >= 4 is 28.7 Å². The largest absolute Gasteiger partial charge is 0.383 e. The van der Waals surface area contributed by atoms with Gasteiger partial charge in [0.2, 0.25) is 0 Å². The van der Waals surface area contributed by atoms with Crippen LogP contribution in [0.15, 0.2) is 70.4 Å². The average molecular weight is 494 g/mol. The van der Waals surface area contributed by atoms with Crippen LogP contribution in [0, 0.1) is 5.82 Å². The Morgan fingerprint density at radius 2 is 1.86 bits per heavy atom. The van der Waals surface area contributed by atoms with Crippen LogP contribution in [0.5, 0.6) is 0 Å². The first kappa shape index (κ1) is 24.1. The van der Waals surface area contributed by atoms with Gasteiger partial charge in [-0.2, -0.15) is 0 Å². The number of nitrogens with zero attached hydrogens (tertiary/aromatic N) is 3. The molecular weight excluding hydrogens is 469 g/mol. The van der Waals surface area contributed by atoms with Gasteiger partial charge in [-0.3, -0.25) is 24.0 Å². The third kappa shape index (κ3) is 5.07. The molecule has 4 aromatic rings.